The van der Waals surface area contributed by atoms with Gasteiger partial charge in [0, 0.05) is 12.1 Å². The highest BCUT2D eigenvalue weighted by Gasteiger charge is 2.05. The maximum absolute atomic E-state index is 5.40. The summed E-state index contributed by atoms with van der Waals surface area (Å²) < 4.78 is 10.7. The zero-order valence-electron chi connectivity index (χ0n) is 10.2. The minimum Gasteiger partial charge on any atom is -0.496 e. The largest absolute Gasteiger partial charge is 0.496 e. The van der Waals surface area contributed by atoms with Gasteiger partial charge in [0.15, 0.2) is 0 Å². The minimum atomic E-state index is 0.726. The number of methoxy groups -OCH3 is 1. The molecule has 3 heteroatoms. The van der Waals surface area contributed by atoms with E-state index in [1.165, 1.54) is 5.56 Å². The van der Waals surface area contributed by atoms with Gasteiger partial charge in [0.05, 0.1) is 19.9 Å². The molecule has 0 aliphatic carbocycles. The topological polar surface area (TPSA) is 34.4 Å². The van der Waals surface area contributed by atoms with Crippen LogP contribution in [-0.2, 0) is 13.1 Å². The average Bonchev–Trinajstić information content (AvgIpc) is 2.82. The molecule has 17 heavy (non-hydrogen) atoms. The summed E-state index contributed by atoms with van der Waals surface area (Å²) in [5.74, 6) is 1.90. The fraction of sp³-hybridized carbons (Fsp3) is 0.286. The van der Waals surface area contributed by atoms with Crippen LogP contribution in [0.25, 0.3) is 0 Å². The zero-order chi connectivity index (χ0) is 12.1. The summed E-state index contributed by atoms with van der Waals surface area (Å²) >= 11 is 0. The third-order valence-corrected chi connectivity index (χ3v) is 2.69. The molecule has 0 aliphatic rings. The lowest BCUT2D eigenvalue weighted by atomic mass is 10.1. The van der Waals surface area contributed by atoms with Crippen LogP contribution in [0.3, 0.4) is 0 Å². The van der Waals surface area contributed by atoms with E-state index >= 15 is 0 Å². The molecule has 1 heterocycles. The van der Waals surface area contributed by atoms with Gasteiger partial charge in [0.1, 0.15) is 11.5 Å². The summed E-state index contributed by atoms with van der Waals surface area (Å²) in [4.78, 5) is 0. The van der Waals surface area contributed by atoms with Crippen LogP contribution in [0.2, 0.25) is 0 Å². The molecule has 3 nitrogen and oxygen atoms in total. The summed E-state index contributed by atoms with van der Waals surface area (Å²) in [5.41, 5.74) is 2.32. The molecule has 2 aromatic rings. The van der Waals surface area contributed by atoms with E-state index < -0.39 is 0 Å². The SMILES string of the molecule is COc1c(C)cccc1CNCc1ccco1. The van der Waals surface area contributed by atoms with Crippen molar-refractivity contribution in [1.29, 1.82) is 0 Å². The van der Waals surface area contributed by atoms with E-state index in [9.17, 15) is 0 Å². The molecule has 1 N–H and O–H groups in total. The molecule has 0 saturated heterocycles. The number of nitrogens with one attached hydrogen (secondary N) is 1. The third-order valence-electron chi connectivity index (χ3n) is 2.69. The molecule has 2 rings (SSSR count). The molecular weight excluding hydrogens is 214 g/mol. The third kappa shape index (κ3) is 2.88. The highest BCUT2D eigenvalue weighted by Crippen LogP contribution is 2.22. The number of hydrogen-bond acceptors (Lipinski definition) is 3. The van der Waals surface area contributed by atoms with Gasteiger partial charge in [-0.15, -0.1) is 0 Å². The van der Waals surface area contributed by atoms with Gasteiger partial charge in [0.25, 0.3) is 0 Å². The van der Waals surface area contributed by atoms with Gasteiger partial charge in [0.2, 0.25) is 0 Å². The molecular formula is C14H17NO2. The summed E-state index contributed by atoms with van der Waals surface area (Å²) in [6, 6.07) is 10.0. The first kappa shape index (κ1) is 11.7. The van der Waals surface area contributed by atoms with Crippen LogP contribution in [0.15, 0.2) is 41.0 Å². The molecule has 0 fully saturated rings. The van der Waals surface area contributed by atoms with E-state index in [1.54, 1.807) is 13.4 Å². The van der Waals surface area contributed by atoms with Crippen LogP contribution < -0.4 is 10.1 Å². The predicted molar refractivity (Wildman–Crippen MR) is 67.0 cm³/mol. The van der Waals surface area contributed by atoms with Gasteiger partial charge < -0.3 is 14.5 Å². The van der Waals surface area contributed by atoms with Gasteiger partial charge in [-0.25, -0.2) is 0 Å². The summed E-state index contributed by atoms with van der Waals surface area (Å²) in [7, 11) is 1.71. The van der Waals surface area contributed by atoms with E-state index in [0.717, 1.165) is 30.2 Å². The molecule has 0 saturated carbocycles. The van der Waals surface area contributed by atoms with Crippen LogP contribution >= 0.6 is 0 Å². The minimum absolute atomic E-state index is 0.726. The molecule has 0 radical (unpaired) electrons. The van der Waals surface area contributed by atoms with Gasteiger partial charge in [-0.05, 0) is 24.6 Å². The van der Waals surface area contributed by atoms with Crippen molar-refractivity contribution in [2.24, 2.45) is 0 Å². The fourth-order valence-corrected chi connectivity index (χ4v) is 1.88. The molecule has 0 bridgehead atoms. The fourth-order valence-electron chi connectivity index (χ4n) is 1.88. The van der Waals surface area contributed by atoms with Crippen molar-refractivity contribution in [3.8, 4) is 5.75 Å². The number of para-hydroxylation sites is 1. The maximum Gasteiger partial charge on any atom is 0.126 e. The normalized spacial score (nSPS) is 10.5. The molecule has 0 aliphatic heterocycles. The van der Waals surface area contributed by atoms with Crippen molar-refractivity contribution < 1.29 is 9.15 Å². The first-order valence-electron chi connectivity index (χ1n) is 5.67. The summed E-state index contributed by atoms with van der Waals surface area (Å²) in [5, 5.41) is 3.33. The Balaban J connectivity index is 1.97. The van der Waals surface area contributed by atoms with Crippen molar-refractivity contribution in [2.75, 3.05) is 7.11 Å². The number of rotatable bonds is 5. The number of ether oxygens (including phenoxy) is 1. The van der Waals surface area contributed by atoms with E-state index in [2.05, 4.69) is 24.4 Å². The summed E-state index contributed by atoms with van der Waals surface area (Å²) in [6.07, 6.45) is 1.68. The Labute approximate surface area is 101 Å². The van der Waals surface area contributed by atoms with Crippen LogP contribution in [0.1, 0.15) is 16.9 Å². The van der Waals surface area contributed by atoms with Crippen LogP contribution in [0.5, 0.6) is 5.75 Å². The molecule has 1 aromatic heterocycles. The lowest BCUT2D eigenvalue weighted by Crippen LogP contribution is -2.13. The Morgan fingerprint density at radius 1 is 1.18 bits per heavy atom. The van der Waals surface area contributed by atoms with Crippen molar-refractivity contribution in [3.63, 3.8) is 0 Å². The second-order valence-corrected chi connectivity index (χ2v) is 3.95. The van der Waals surface area contributed by atoms with Crippen molar-refractivity contribution >= 4 is 0 Å². The van der Waals surface area contributed by atoms with E-state index in [0.29, 0.717) is 0 Å². The monoisotopic (exact) mass is 231 g/mol. The second kappa shape index (κ2) is 5.55. The number of benzene rings is 1. The average molecular weight is 231 g/mol. The molecule has 90 valence electrons. The van der Waals surface area contributed by atoms with E-state index in [4.69, 9.17) is 9.15 Å². The Bertz CT molecular complexity index is 463. The van der Waals surface area contributed by atoms with Gasteiger partial charge in [-0.3, -0.25) is 0 Å². The molecule has 0 amide bonds. The van der Waals surface area contributed by atoms with Crippen molar-refractivity contribution in [1.82, 2.24) is 5.32 Å². The van der Waals surface area contributed by atoms with Gasteiger partial charge in [-0.1, -0.05) is 18.2 Å². The van der Waals surface area contributed by atoms with Gasteiger partial charge in [-0.2, -0.15) is 0 Å². The smallest absolute Gasteiger partial charge is 0.126 e. The Hall–Kier alpha value is -1.74. The highest BCUT2D eigenvalue weighted by molar-refractivity contribution is 5.40. The number of hydrogen-bond donors (Lipinski definition) is 1. The standard InChI is InChI=1S/C14H17NO2/c1-11-5-3-6-12(14(11)16-2)9-15-10-13-7-4-8-17-13/h3-8,15H,9-10H2,1-2H3. The number of aryl methyl sites for hydroxylation is 1. The Morgan fingerprint density at radius 2 is 2.06 bits per heavy atom. The Kier molecular flexibility index (Phi) is 3.83. The van der Waals surface area contributed by atoms with Gasteiger partial charge >= 0.3 is 0 Å². The van der Waals surface area contributed by atoms with Crippen LogP contribution in [0, 0.1) is 6.92 Å². The van der Waals surface area contributed by atoms with Crippen LogP contribution in [-0.4, -0.2) is 7.11 Å². The van der Waals surface area contributed by atoms with E-state index in [-0.39, 0.29) is 0 Å². The predicted octanol–water partition coefficient (Wildman–Crippen LogP) is 2.89. The van der Waals surface area contributed by atoms with Crippen molar-refractivity contribution in [3.05, 3.63) is 53.5 Å². The summed E-state index contributed by atoms with van der Waals surface area (Å²) in [6.45, 7) is 3.55. The van der Waals surface area contributed by atoms with E-state index in [1.807, 2.05) is 18.2 Å². The molecule has 0 atom stereocenters. The first-order chi connectivity index (χ1) is 8.31. The molecule has 0 unspecified atom stereocenters. The zero-order valence-corrected chi connectivity index (χ0v) is 10.2. The lowest BCUT2D eigenvalue weighted by Gasteiger charge is -2.11. The lowest BCUT2D eigenvalue weighted by molar-refractivity contribution is 0.403. The molecule has 0 spiro atoms. The van der Waals surface area contributed by atoms with Crippen LogP contribution in [0.4, 0.5) is 0 Å². The quantitative estimate of drug-likeness (QED) is 0.859. The Morgan fingerprint density at radius 3 is 2.76 bits per heavy atom. The highest BCUT2D eigenvalue weighted by atomic mass is 16.5. The maximum atomic E-state index is 5.40. The molecule has 1 aromatic carbocycles. The first-order valence-corrected chi connectivity index (χ1v) is 5.67. The van der Waals surface area contributed by atoms with Crippen molar-refractivity contribution in [2.45, 2.75) is 20.0 Å². The number of furan rings is 1. The second-order valence-electron chi connectivity index (χ2n) is 3.95.